The normalized spacial score (nSPS) is 12.8. The van der Waals surface area contributed by atoms with Crippen molar-refractivity contribution < 1.29 is 22.7 Å². The van der Waals surface area contributed by atoms with Crippen LogP contribution in [0.15, 0.2) is 64.3 Å². The quantitative estimate of drug-likeness (QED) is 0.407. The van der Waals surface area contributed by atoms with Crippen LogP contribution in [0.25, 0.3) is 10.9 Å². The average Bonchev–Trinajstić information content (AvgIpc) is 2.84. The molecule has 186 valence electrons. The fraction of sp³-hybridized carbons (Fsp3) is 0.200. The summed E-state index contributed by atoms with van der Waals surface area (Å²) in [7, 11) is 1.17. The number of pyridine rings is 1. The number of nitrogens with one attached hydrogen (secondary N) is 2. The Morgan fingerprint density at radius 3 is 2.50 bits per heavy atom. The number of methoxy groups -OCH3 is 1. The number of aromatic nitrogens is 3. The van der Waals surface area contributed by atoms with Gasteiger partial charge in [-0.1, -0.05) is 30.3 Å². The van der Waals surface area contributed by atoms with E-state index in [0.29, 0.717) is 16.2 Å². The second kappa shape index (κ2) is 10.1. The number of carbonyl (C=O) groups excluding carboxylic acids is 1. The van der Waals surface area contributed by atoms with Crippen LogP contribution in [-0.2, 0) is 11.2 Å². The summed E-state index contributed by atoms with van der Waals surface area (Å²) in [5.74, 6) is -3.86. The van der Waals surface area contributed by atoms with Crippen molar-refractivity contribution in [2.24, 2.45) is 0 Å². The molecule has 0 radical (unpaired) electrons. The molecule has 2 heterocycles. The predicted molar refractivity (Wildman–Crippen MR) is 125 cm³/mol. The molecule has 0 aliphatic carbocycles. The smallest absolute Gasteiger partial charge is 0.329 e. The SMILES string of the molecule is COc1c(F)ccc2[nH]c(=O)n([C@@H](Cc3ccccc3)C(=O)N[C@@H](C)c3ncc(F)cc3F)c(=O)c12. The maximum atomic E-state index is 14.4. The lowest BCUT2D eigenvalue weighted by Crippen LogP contribution is -2.46. The summed E-state index contributed by atoms with van der Waals surface area (Å²) < 4.78 is 47.6. The van der Waals surface area contributed by atoms with Gasteiger partial charge in [0.15, 0.2) is 11.6 Å². The Morgan fingerprint density at radius 1 is 1.11 bits per heavy atom. The number of hydrogen-bond acceptors (Lipinski definition) is 5. The highest BCUT2D eigenvalue weighted by atomic mass is 19.1. The lowest BCUT2D eigenvalue weighted by atomic mass is 10.0. The molecule has 0 saturated heterocycles. The molecule has 8 nitrogen and oxygen atoms in total. The van der Waals surface area contributed by atoms with Crippen LogP contribution < -0.4 is 21.3 Å². The second-order valence-corrected chi connectivity index (χ2v) is 8.06. The van der Waals surface area contributed by atoms with Crippen molar-refractivity contribution in [1.82, 2.24) is 19.9 Å². The van der Waals surface area contributed by atoms with Crippen LogP contribution in [0, 0.1) is 17.5 Å². The Bertz CT molecular complexity index is 1550. The lowest BCUT2D eigenvalue weighted by molar-refractivity contribution is -0.125. The van der Waals surface area contributed by atoms with Gasteiger partial charge in [0.2, 0.25) is 5.91 Å². The zero-order chi connectivity index (χ0) is 26.0. The van der Waals surface area contributed by atoms with Crippen LogP contribution in [0.3, 0.4) is 0 Å². The van der Waals surface area contributed by atoms with E-state index in [1.807, 2.05) is 0 Å². The van der Waals surface area contributed by atoms with Crippen molar-refractivity contribution in [2.45, 2.75) is 25.4 Å². The van der Waals surface area contributed by atoms with Crippen LogP contribution in [0.1, 0.15) is 30.3 Å². The molecular weight excluding hydrogens is 477 g/mol. The van der Waals surface area contributed by atoms with Crippen molar-refractivity contribution >= 4 is 16.8 Å². The summed E-state index contributed by atoms with van der Waals surface area (Å²) in [6, 6.07) is 9.05. The van der Waals surface area contributed by atoms with Gasteiger partial charge in [-0.2, -0.15) is 0 Å². The van der Waals surface area contributed by atoms with E-state index in [4.69, 9.17) is 4.74 Å². The zero-order valence-corrected chi connectivity index (χ0v) is 19.2. The van der Waals surface area contributed by atoms with Gasteiger partial charge in [0, 0.05) is 12.5 Å². The van der Waals surface area contributed by atoms with E-state index in [-0.39, 0.29) is 28.8 Å². The molecule has 4 aromatic rings. The number of benzene rings is 2. The summed E-state index contributed by atoms with van der Waals surface area (Å²) in [5, 5.41) is 2.29. The maximum Gasteiger partial charge on any atom is 0.329 e. The molecule has 2 aromatic heterocycles. The minimum atomic E-state index is -1.41. The highest BCUT2D eigenvalue weighted by Crippen LogP contribution is 2.25. The Labute approximate surface area is 202 Å². The Balaban J connectivity index is 1.83. The molecule has 0 spiro atoms. The van der Waals surface area contributed by atoms with E-state index in [1.54, 1.807) is 30.3 Å². The van der Waals surface area contributed by atoms with Crippen molar-refractivity contribution in [1.29, 1.82) is 0 Å². The van der Waals surface area contributed by atoms with Gasteiger partial charge >= 0.3 is 5.69 Å². The highest BCUT2D eigenvalue weighted by molar-refractivity contribution is 5.85. The fourth-order valence-electron chi connectivity index (χ4n) is 4.00. The molecule has 2 N–H and O–H groups in total. The first-order valence-corrected chi connectivity index (χ1v) is 10.9. The number of amides is 1. The second-order valence-electron chi connectivity index (χ2n) is 8.06. The number of ether oxygens (including phenoxy) is 1. The van der Waals surface area contributed by atoms with Crippen molar-refractivity contribution in [3.8, 4) is 5.75 Å². The van der Waals surface area contributed by atoms with E-state index in [2.05, 4.69) is 15.3 Å². The number of H-pyrrole nitrogens is 1. The van der Waals surface area contributed by atoms with Crippen molar-refractivity contribution in [3.05, 3.63) is 104 Å². The van der Waals surface area contributed by atoms with Gasteiger partial charge in [-0.05, 0) is 24.6 Å². The first-order valence-electron chi connectivity index (χ1n) is 10.9. The lowest BCUT2D eigenvalue weighted by Gasteiger charge is -2.22. The molecule has 0 unspecified atom stereocenters. The molecule has 11 heteroatoms. The van der Waals surface area contributed by atoms with Gasteiger partial charge < -0.3 is 15.0 Å². The Hall–Kier alpha value is -4.41. The first kappa shape index (κ1) is 24.7. The average molecular weight is 498 g/mol. The largest absolute Gasteiger partial charge is 0.493 e. The minimum absolute atomic E-state index is 0.0318. The molecule has 0 aliphatic rings. The summed E-state index contributed by atoms with van der Waals surface area (Å²) in [5.41, 5.74) is -1.43. The third-order valence-electron chi connectivity index (χ3n) is 5.70. The molecule has 0 aliphatic heterocycles. The van der Waals surface area contributed by atoms with E-state index in [1.165, 1.54) is 20.1 Å². The van der Waals surface area contributed by atoms with Gasteiger partial charge in [-0.15, -0.1) is 0 Å². The van der Waals surface area contributed by atoms with E-state index >= 15 is 0 Å². The number of fused-ring (bicyclic) bond motifs is 1. The number of aromatic amines is 1. The number of rotatable bonds is 7. The van der Waals surface area contributed by atoms with Gasteiger partial charge in [0.05, 0.1) is 30.6 Å². The highest BCUT2D eigenvalue weighted by Gasteiger charge is 2.29. The summed E-state index contributed by atoms with van der Waals surface area (Å²) in [6.07, 6.45) is 0.715. The molecule has 2 aromatic carbocycles. The molecule has 1 amide bonds. The topological polar surface area (TPSA) is 106 Å². The minimum Gasteiger partial charge on any atom is -0.493 e. The monoisotopic (exact) mass is 498 g/mol. The van der Waals surface area contributed by atoms with Crippen LogP contribution in [-0.4, -0.2) is 27.6 Å². The number of halogens is 3. The number of nitrogens with zero attached hydrogens (tertiary/aromatic N) is 2. The zero-order valence-electron chi connectivity index (χ0n) is 19.2. The van der Waals surface area contributed by atoms with Gasteiger partial charge in [0.25, 0.3) is 5.56 Å². The van der Waals surface area contributed by atoms with E-state index < -0.39 is 46.7 Å². The van der Waals surface area contributed by atoms with Crippen LogP contribution >= 0.6 is 0 Å². The standard InChI is InChI=1S/C25H21F3N4O4/c1-13(21-17(28)11-15(26)12-29-21)30-23(33)19(10-14-6-4-3-5-7-14)32-24(34)20-18(31-25(32)35)9-8-16(27)22(20)36-2/h3-9,11-13,19H,10H2,1-2H3,(H,30,33)(H,31,35)/t13-,19-/m0/s1. The first-order chi connectivity index (χ1) is 17.2. The third-order valence-corrected chi connectivity index (χ3v) is 5.70. The molecule has 0 saturated carbocycles. The molecule has 2 atom stereocenters. The van der Waals surface area contributed by atoms with Gasteiger partial charge in [-0.25, -0.2) is 22.5 Å². The molecule has 0 bridgehead atoms. The Kier molecular flexibility index (Phi) is 6.91. The van der Waals surface area contributed by atoms with Crippen molar-refractivity contribution in [2.75, 3.05) is 7.11 Å². The Morgan fingerprint density at radius 2 is 1.83 bits per heavy atom. The van der Waals surface area contributed by atoms with Crippen LogP contribution in [0.4, 0.5) is 13.2 Å². The maximum absolute atomic E-state index is 14.4. The molecular formula is C25H21F3N4O4. The predicted octanol–water partition coefficient (Wildman–Crippen LogP) is 3.17. The van der Waals surface area contributed by atoms with Crippen LogP contribution in [0.5, 0.6) is 5.75 Å². The summed E-state index contributed by atoms with van der Waals surface area (Å²) in [6.45, 7) is 1.42. The number of hydrogen-bond donors (Lipinski definition) is 2. The van der Waals surface area contributed by atoms with E-state index in [9.17, 15) is 27.6 Å². The fourth-order valence-corrected chi connectivity index (χ4v) is 4.00. The van der Waals surface area contributed by atoms with Crippen molar-refractivity contribution in [3.63, 3.8) is 0 Å². The summed E-state index contributed by atoms with van der Waals surface area (Å²) >= 11 is 0. The van der Waals surface area contributed by atoms with Crippen LogP contribution in [0.2, 0.25) is 0 Å². The third kappa shape index (κ3) is 4.72. The number of carbonyl (C=O) groups is 1. The summed E-state index contributed by atoms with van der Waals surface area (Å²) in [4.78, 5) is 46.1. The molecule has 4 rings (SSSR count). The molecule has 36 heavy (non-hydrogen) atoms. The molecule has 0 fully saturated rings. The van der Waals surface area contributed by atoms with Gasteiger partial charge in [0.1, 0.15) is 23.1 Å². The van der Waals surface area contributed by atoms with E-state index in [0.717, 1.165) is 12.3 Å². The van der Waals surface area contributed by atoms with Gasteiger partial charge in [-0.3, -0.25) is 14.6 Å².